The predicted molar refractivity (Wildman–Crippen MR) is 74.7 cm³/mol. The van der Waals surface area contributed by atoms with E-state index < -0.39 is 11.6 Å². The molecule has 106 valence electrons. The molecule has 1 atom stereocenters. The van der Waals surface area contributed by atoms with Crippen LogP contribution in [-0.2, 0) is 0 Å². The quantitative estimate of drug-likeness (QED) is 0.869. The van der Waals surface area contributed by atoms with E-state index >= 15 is 0 Å². The zero-order valence-corrected chi connectivity index (χ0v) is 11.3. The van der Waals surface area contributed by atoms with Crippen molar-refractivity contribution >= 4 is 0 Å². The maximum atomic E-state index is 13.2. The Kier molecular flexibility index (Phi) is 5.07. The Balaban J connectivity index is 2.17. The molecule has 2 aromatic carbocycles. The van der Waals surface area contributed by atoms with Crippen molar-refractivity contribution in [3.63, 3.8) is 0 Å². The van der Waals surface area contributed by atoms with Crippen LogP contribution in [0.3, 0.4) is 0 Å². The second-order valence-corrected chi connectivity index (χ2v) is 4.40. The number of hydrogen-bond acceptors (Lipinski definition) is 2. The van der Waals surface area contributed by atoms with E-state index in [1.54, 1.807) is 0 Å². The van der Waals surface area contributed by atoms with Gasteiger partial charge in [0.1, 0.15) is 11.9 Å². The van der Waals surface area contributed by atoms with Crippen molar-refractivity contribution < 1.29 is 13.5 Å². The van der Waals surface area contributed by atoms with Crippen molar-refractivity contribution in [2.45, 2.75) is 13.0 Å². The molecule has 2 rings (SSSR count). The van der Waals surface area contributed by atoms with Crippen molar-refractivity contribution in [2.75, 3.05) is 13.1 Å². The number of hydrogen-bond donors (Lipinski definition) is 1. The van der Waals surface area contributed by atoms with Crippen LogP contribution in [0.5, 0.6) is 5.75 Å². The molecule has 0 saturated heterocycles. The first kappa shape index (κ1) is 14.5. The fourth-order valence-corrected chi connectivity index (χ4v) is 1.89. The lowest BCUT2D eigenvalue weighted by molar-refractivity contribution is 0.201. The summed E-state index contributed by atoms with van der Waals surface area (Å²) >= 11 is 0. The SMILES string of the molecule is CCNCC(Oc1ccc(F)c(F)c1)c1ccccc1. The molecular formula is C16H17F2NO. The highest BCUT2D eigenvalue weighted by atomic mass is 19.2. The number of rotatable bonds is 6. The number of halogens is 2. The Bertz CT molecular complexity index is 545. The number of ether oxygens (including phenoxy) is 1. The zero-order chi connectivity index (χ0) is 14.4. The summed E-state index contributed by atoms with van der Waals surface area (Å²) in [5, 5.41) is 3.20. The minimum atomic E-state index is -0.905. The summed E-state index contributed by atoms with van der Waals surface area (Å²) in [6, 6.07) is 13.2. The summed E-state index contributed by atoms with van der Waals surface area (Å²) in [5.41, 5.74) is 0.984. The lowest BCUT2D eigenvalue weighted by atomic mass is 10.1. The van der Waals surface area contributed by atoms with Gasteiger partial charge in [0.25, 0.3) is 0 Å². The maximum Gasteiger partial charge on any atom is 0.162 e. The Morgan fingerprint density at radius 1 is 1.05 bits per heavy atom. The summed E-state index contributed by atoms with van der Waals surface area (Å²) in [7, 11) is 0. The Morgan fingerprint density at radius 2 is 1.80 bits per heavy atom. The Morgan fingerprint density at radius 3 is 2.45 bits per heavy atom. The van der Waals surface area contributed by atoms with Gasteiger partial charge in [-0.15, -0.1) is 0 Å². The maximum absolute atomic E-state index is 13.2. The van der Waals surface area contributed by atoms with Gasteiger partial charge in [0.15, 0.2) is 11.6 Å². The molecule has 0 amide bonds. The third-order valence-electron chi connectivity index (χ3n) is 2.92. The van der Waals surface area contributed by atoms with E-state index in [1.807, 2.05) is 37.3 Å². The van der Waals surface area contributed by atoms with Crippen LogP contribution >= 0.6 is 0 Å². The van der Waals surface area contributed by atoms with Gasteiger partial charge in [-0.1, -0.05) is 37.3 Å². The van der Waals surface area contributed by atoms with Crippen LogP contribution in [0.4, 0.5) is 8.78 Å². The van der Waals surface area contributed by atoms with Gasteiger partial charge in [-0.3, -0.25) is 0 Å². The van der Waals surface area contributed by atoms with E-state index in [0.717, 1.165) is 24.2 Å². The van der Waals surface area contributed by atoms with Crippen LogP contribution in [0.15, 0.2) is 48.5 Å². The van der Waals surface area contributed by atoms with Crippen molar-refractivity contribution in [3.8, 4) is 5.75 Å². The van der Waals surface area contributed by atoms with Crippen molar-refractivity contribution in [1.29, 1.82) is 0 Å². The molecule has 0 aliphatic heterocycles. The van der Waals surface area contributed by atoms with E-state index in [9.17, 15) is 8.78 Å². The second kappa shape index (κ2) is 7.01. The Labute approximate surface area is 117 Å². The van der Waals surface area contributed by atoms with E-state index in [0.29, 0.717) is 12.3 Å². The molecule has 1 unspecified atom stereocenters. The van der Waals surface area contributed by atoms with Crippen LogP contribution in [0.25, 0.3) is 0 Å². The molecule has 0 fully saturated rings. The molecule has 1 N–H and O–H groups in total. The minimum absolute atomic E-state index is 0.249. The average molecular weight is 277 g/mol. The van der Waals surface area contributed by atoms with Gasteiger partial charge < -0.3 is 10.1 Å². The Hall–Kier alpha value is -1.94. The van der Waals surface area contributed by atoms with Crippen molar-refractivity contribution in [1.82, 2.24) is 5.32 Å². The molecule has 0 radical (unpaired) electrons. The average Bonchev–Trinajstić information content (AvgIpc) is 2.48. The molecule has 0 aliphatic carbocycles. The fourth-order valence-electron chi connectivity index (χ4n) is 1.89. The molecule has 0 heterocycles. The monoisotopic (exact) mass is 277 g/mol. The molecule has 0 spiro atoms. The van der Waals surface area contributed by atoms with Crippen LogP contribution in [0, 0.1) is 11.6 Å². The smallest absolute Gasteiger partial charge is 0.162 e. The van der Waals surface area contributed by atoms with Gasteiger partial charge in [-0.25, -0.2) is 8.78 Å². The molecule has 0 aliphatic rings. The van der Waals surface area contributed by atoms with Crippen LogP contribution < -0.4 is 10.1 Å². The lowest BCUT2D eigenvalue weighted by Gasteiger charge is -2.20. The lowest BCUT2D eigenvalue weighted by Crippen LogP contribution is -2.24. The van der Waals surface area contributed by atoms with E-state index in [2.05, 4.69) is 5.32 Å². The molecule has 0 saturated carbocycles. The summed E-state index contributed by atoms with van der Waals surface area (Å²) in [6.45, 7) is 3.41. The van der Waals surface area contributed by atoms with Gasteiger partial charge >= 0.3 is 0 Å². The van der Waals surface area contributed by atoms with E-state index in [4.69, 9.17) is 4.74 Å². The fraction of sp³-hybridized carbons (Fsp3) is 0.250. The van der Waals surface area contributed by atoms with Crippen LogP contribution in [-0.4, -0.2) is 13.1 Å². The summed E-state index contributed by atoms with van der Waals surface area (Å²) < 4.78 is 31.9. The first-order valence-electron chi connectivity index (χ1n) is 6.58. The first-order valence-corrected chi connectivity index (χ1v) is 6.58. The van der Waals surface area contributed by atoms with Crippen LogP contribution in [0.1, 0.15) is 18.6 Å². The van der Waals surface area contributed by atoms with Gasteiger partial charge in [0, 0.05) is 12.6 Å². The van der Waals surface area contributed by atoms with Gasteiger partial charge in [0.05, 0.1) is 0 Å². The molecule has 2 aromatic rings. The van der Waals surface area contributed by atoms with Crippen molar-refractivity contribution in [2.24, 2.45) is 0 Å². The topological polar surface area (TPSA) is 21.3 Å². The standard InChI is InChI=1S/C16H17F2NO/c1-2-19-11-16(12-6-4-3-5-7-12)20-13-8-9-14(17)15(18)10-13/h3-10,16,19H,2,11H2,1H3. The van der Waals surface area contributed by atoms with E-state index in [-0.39, 0.29) is 6.10 Å². The van der Waals surface area contributed by atoms with Crippen molar-refractivity contribution in [3.05, 3.63) is 65.7 Å². The molecule has 0 aromatic heterocycles. The number of likely N-dealkylation sites (N-methyl/N-ethyl adjacent to an activating group) is 1. The molecule has 4 heteroatoms. The highest BCUT2D eigenvalue weighted by molar-refractivity contribution is 5.26. The van der Waals surface area contributed by atoms with Gasteiger partial charge in [-0.05, 0) is 24.2 Å². The third-order valence-corrected chi connectivity index (χ3v) is 2.92. The molecule has 20 heavy (non-hydrogen) atoms. The molecule has 0 bridgehead atoms. The van der Waals surface area contributed by atoms with E-state index in [1.165, 1.54) is 6.07 Å². The summed E-state index contributed by atoms with van der Waals surface area (Å²) in [4.78, 5) is 0. The normalized spacial score (nSPS) is 12.2. The highest BCUT2D eigenvalue weighted by Gasteiger charge is 2.13. The van der Waals surface area contributed by atoms with Gasteiger partial charge in [0.2, 0.25) is 0 Å². The third kappa shape index (κ3) is 3.78. The zero-order valence-electron chi connectivity index (χ0n) is 11.3. The highest BCUT2D eigenvalue weighted by Crippen LogP contribution is 2.23. The molecular weight excluding hydrogens is 260 g/mol. The van der Waals surface area contributed by atoms with Crippen LogP contribution in [0.2, 0.25) is 0 Å². The predicted octanol–water partition coefficient (Wildman–Crippen LogP) is 3.69. The molecule has 2 nitrogen and oxygen atoms in total. The summed E-state index contributed by atoms with van der Waals surface area (Å²) in [6.07, 6.45) is -0.249. The first-order chi connectivity index (χ1) is 9.70. The minimum Gasteiger partial charge on any atom is -0.484 e. The number of benzene rings is 2. The van der Waals surface area contributed by atoms with Gasteiger partial charge in [-0.2, -0.15) is 0 Å². The largest absolute Gasteiger partial charge is 0.484 e. The summed E-state index contributed by atoms with van der Waals surface area (Å²) in [5.74, 6) is -1.46. The second-order valence-electron chi connectivity index (χ2n) is 4.40. The number of nitrogens with one attached hydrogen (secondary N) is 1.